The lowest BCUT2D eigenvalue weighted by Crippen LogP contribution is -1.91. The van der Waals surface area contributed by atoms with Gasteiger partial charge in [-0.3, -0.25) is 0 Å². The first-order valence-electron chi connectivity index (χ1n) is 6.39. The third kappa shape index (κ3) is 2.56. The van der Waals surface area contributed by atoms with Crippen LogP contribution < -0.4 is 0 Å². The molecule has 0 unspecified atom stereocenters. The van der Waals surface area contributed by atoms with Gasteiger partial charge in [0, 0.05) is 11.8 Å². The largest absolute Gasteiger partial charge is 0.226 e. The summed E-state index contributed by atoms with van der Waals surface area (Å²) in [7, 11) is 0. The lowest BCUT2D eigenvalue weighted by Gasteiger charge is -2.06. The Morgan fingerprint density at radius 1 is 0.800 bits per heavy atom. The Hall–Kier alpha value is -2.19. The topological polar surface area (TPSA) is 25.8 Å². The van der Waals surface area contributed by atoms with Gasteiger partial charge in [-0.05, 0) is 35.2 Å². The first-order chi connectivity index (χ1) is 9.74. The fraction of sp³-hybridized carbons (Fsp3) is 0.0588. The Morgan fingerprint density at radius 2 is 1.40 bits per heavy atom. The van der Waals surface area contributed by atoms with Crippen LogP contribution >= 0.6 is 11.6 Å². The van der Waals surface area contributed by atoms with Gasteiger partial charge in [-0.1, -0.05) is 54.6 Å². The quantitative estimate of drug-likeness (QED) is 0.632. The highest BCUT2D eigenvalue weighted by Crippen LogP contribution is 2.25. The molecule has 0 N–H and O–H groups in total. The van der Waals surface area contributed by atoms with Crippen LogP contribution in [0.4, 0.5) is 0 Å². The highest BCUT2D eigenvalue weighted by atomic mass is 35.5. The van der Waals surface area contributed by atoms with E-state index in [1.54, 1.807) is 6.20 Å². The molecule has 2 nitrogen and oxygen atoms in total. The molecule has 0 aliphatic carbocycles. The molecule has 2 aromatic carbocycles. The fourth-order valence-electron chi connectivity index (χ4n) is 2.16. The molecule has 0 bridgehead atoms. The number of nitrogens with zero attached hydrogens (tertiary/aromatic N) is 2. The molecular formula is C17H13ClN2. The first-order valence-corrected chi connectivity index (χ1v) is 6.77. The molecule has 0 radical (unpaired) electrons. The van der Waals surface area contributed by atoms with E-state index in [4.69, 9.17) is 11.6 Å². The van der Waals surface area contributed by atoms with Crippen LogP contribution in [0.5, 0.6) is 0 Å². The van der Waals surface area contributed by atoms with Crippen molar-refractivity contribution in [3.05, 3.63) is 71.6 Å². The van der Waals surface area contributed by atoms with Crippen molar-refractivity contribution in [2.75, 3.05) is 0 Å². The molecule has 3 heteroatoms. The molecule has 1 aromatic heterocycles. The van der Waals surface area contributed by atoms with Crippen LogP contribution in [0.3, 0.4) is 0 Å². The number of benzene rings is 2. The number of rotatable bonds is 2. The Balaban J connectivity index is 2.00. The van der Waals surface area contributed by atoms with Crippen LogP contribution in [0.25, 0.3) is 22.4 Å². The molecule has 0 saturated carbocycles. The third-order valence-corrected chi connectivity index (χ3v) is 3.39. The van der Waals surface area contributed by atoms with Gasteiger partial charge in [-0.2, -0.15) is 0 Å². The second-order valence-corrected chi connectivity index (χ2v) is 4.95. The van der Waals surface area contributed by atoms with Crippen molar-refractivity contribution in [2.24, 2.45) is 0 Å². The zero-order valence-electron chi connectivity index (χ0n) is 11.0. The SMILES string of the molecule is Cc1cnc(Cl)nc1-c1ccc(-c2ccccc2)cc1. The zero-order valence-corrected chi connectivity index (χ0v) is 11.8. The van der Waals surface area contributed by atoms with E-state index < -0.39 is 0 Å². The Bertz CT molecular complexity index is 722. The van der Waals surface area contributed by atoms with Gasteiger partial charge in [0.1, 0.15) is 0 Å². The van der Waals surface area contributed by atoms with Crippen molar-refractivity contribution in [2.45, 2.75) is 6.92 Å². The summed E-state index contributed by atoms with van der Waals surface area (Å²) in [5.74, 6) is 0. The van der Waals surface area contributed by atoms with E-state index in [9.17, 15) is 0 Å². The number of hydrogen-bond acceptors (Lipinski definition) is 2. The first kappa shape index (κ1) is 12.8. The summed E-state index contributed by atoms with van der Waals surface area (Å²) < 4.78 is 0. The van der Waals surface area contributed by atoms with Gasteiger partial charge in [0.05, 0.1) is 5.69 Å². The predicted molar refractivity (Wildman–Crippen MR) is 82.7 cm³/mol. The second kappa shape index (κ2) is 5.43. The molecule has 0 atom stereocenters. The van der Waals surface area contributed by atoms with E-state index in [2.05, 4.69) is 46.4 Å². The third-order valence-electron chi connectivity index (χ3n) is 3.21. The molecule has 20 heavy (non-hydrogen) atoms. The van der Waals surface area contributed by atoms with Gasteiger partial charge in [0.15, 0.2) is 0 Å². The maximum atomic E-state index is 5.87. The molecule has 0 amide bonds. The molecule has 0 spiro atoms. The van der Waals surface area contributed by atoms with Crippen LogP contribution in [0.2, 0.25) is 5.28 Å². The summed E-state index contributed by atoms with van der Waals surface area (Å²) in [5, 5.41) is 0.276. The van der Waals surface area contributed by atoms with Gasteiger partial charge in [-0.25, -0.2) is 9.97 Å². The maximum absolute atomic E-state index is 5.87. The smallest absolute Gasteiger partial charge is 0.222 e. The highest BCUT2D eigenvalue weighted by molar-refractivity contribution is 6.28. The number of hydrogen-bond donors (Lipinski definition) is 0. The van der Waals surface area contributed by atoms with E-state index in [1.165, 1.54) is 11.1 Å². The van der Waals surface area contributed by atoms with Crippen LogP contribution in [0, 0.1) is 6.92 Å². The molecular weight excluding hydrogens is 268 g/mol. The minimum Gasteiger partial charge on any atom is -0.226 e. The van der Waals surface area contributed by atoms with E-state index >= 15 is 0 Å². The summed E-state index contributed by atoms with van der Waals surface area (Å²) >= 11 is 5.87. The van der Waals surface area contributed by atoms with Crippen molar-refractivity contribution in [1.82, 2.24) is 9.97 Å². The average Bonchev–Trinajstić information content (AvgIpc) is 2.51. The minimum atomic E-state index is 0.276. The molecule has 1 heterocycles. The Labute approximate surface area is 123 Å². The van der Waals surface area contributed by atoms with Crippen LogP contribution in [-0.4, -0.2) is 9.97 Å². The number of aromatic nitrogens is 2. The molecule has 3 rings (SSSR count). The zero-order chi connectivity index (χ0) is 13.9. The standard InChI is InChI=1S/C17H13ClN2/c1-12-11-19-17(18)20-16(12)15-9-7-14(8-10-15)13-5-3-2-4-6-13/h2-11H,1H3. The lowest BCUT2D eigenvalue weighted by atomic mass is 10.0. The van der Waals surface area contributed by atoms with Crippen molar-refractivity contribution in [1.29, 1.82) is 0 Å². The van der Waals surface area contributed by atoms with Gasteiger partial charge in [-0.15, -0.1) is 0 Å². The van der Waals surface area contributed by atoms with E-state index in [-0.39, 0.29) is 5.28 Å². The van der Waals surface area contributed by atoms with Gasteiger partial charge < -0.3 is 0 Å². The van der Waals surface area contributed by atoms with E-state index in [0.717, 1.165) is 16.8 Å². The van der Waals surface area contributed by atoms with Gasteiger partial charge >= 0.3 is 0 Å². The minimum absolute atomic E-state index is 0.276. The summed E-state index contributed by atoms with van der Waals surface area (Å²) in [4.78, 5) is 8.28. The molecule has 0 aliphatic heterocycles. The summed E-state index contributed by atoms with van der Waals surface area (Å²) in [6, 6.07) is 18.6. The predicted octanol–water partition coefficient (Wildman–Crippen LogP) is 4.77. The molecule has 0 fully saturated rings. The van der Waals surface area contributed by atoms with Gasteiger partial charge in [0.25, 0.3) is 0 Å². The van der Waals surface area contributed by atoms with E-state index in [0.29, 0.717) is 0 Å². The maximum Gasteiger partial charge on any atom is 0.222 e. The van der Waals surface area contributed by atoms with Crippen molar-refractivity contribution in [3.8, 4) is 22.4 Å². The number of halogens is 1. The normalized spacial score (nSPS) is 10.5. The molecule has 98 valence electrons. The summed E-state index contributed by atoms with van der Waals surface area (Å²) in [6.07, 6.45) is 1.75. The molecule has 3 aromatic rings. The molecule has 0 aliphatic rings. The van der Waals surface area contributed by atoms with Crippen molar-refractivity contribution in [3.63, 3.8) is 0 Å². The summed E-state index contributed by atoms with van der Waals surface area (Å²) in [5.41, 5.74) is 5.33. The Morgan fingerprint density at radius 3 is 2.10 bits per heavy atom. The van der Waals surface area contributed by atoms with Crippen LogP contribution in [0.15, 0.2) is 60.8 Å². The van der Waals surface area contributed by atoms with Crippen molar-refractivity contribution >= 4 is 11.6 Å². The Kier molecular flexibility index (Phi) is 3.48. The van der Waals surface area contributed by atoms with Crippen LogP contribution in [0.1, 0.15) is 5.56 Å². The van der Waals surface area contributed by atoms with Gasteiger partial charge in [0.2, 0.25) is 5.28 Å². The number of aryl methyl sites for hydroxylation is 1. The van der Waals surface area contributed by atoms with Crippen LogP contribution in [-0.2, 0) is 0 Å². The van der Waals surface area contributed by atoms with E-state index in [1.807, 2.05) is 25.1 Å². The average molecular weight is 281 g/mol. The molecule has 0 saturated heterocycles. The monoisotopic (exact) mass is 280 g/mol. The highest BCUT2D eigenvalue weighted by Gasteiger charge is 2.06. The van der Waals surface area contributed by atoms with Crippen molar-refractivity contribution < 1.29 is 0 Å². The lowest BCUT2D eigenvalue weighted by molar-refractivity contribution is 1.13. The summed E-state index contributed by atoms with van der Waals surface area (Å²) in [6.45, 7) is 1.98. The second-order valence-electron chi connectivity index (χ2n) is 4.61. The fourth-order valence-corrected chi connectivity index (χ4v) is 2.30.